The zero-order valence-corrected chi connectivity index (χ0v) is 15.9. The van der Waals surface area contributed by atoms with Crippen molar-refractivity contribution in [2.75, 3.05) is 31.1 Å². The minimum Gasteiger partial charge on any atom is -0.352 e. The van der Waals surface area contributed by atoms with Crippen LogP contribution in [-0.2, 0) is 0 Å². The van der Waals surface area contributed by atoms with Crippen LogP contribution in [0.2, 0.25) is 0 Å². The summed E-state index contributed by atoms with van der Waals surface area (Å²) in [7, 11) is 0. The van der Waals surface area contributed by atoms with Crippen LogP contribution in [0.15, 0.2) is 58.7 Å². The zero-order chi connectivity index (χ0) is 18.8. The second kappa shape index (κ2) is 7.36. The molecule has 0 radical (unpaired) electrons. The first-order valence-electron chi connectivity index (χ1n) is 8.87. The maximum Gasteiger partial charge on any atom is 0.271 e. The minimum absolute atomic E-state index is 0.0854. The van der Waals surface area contributed by atoms with E-state index in [1.807, 2.05) is 53.6 Å². The first kappa shape index (κ1) is 17.5. The number of amides is 1. The Hall–Kier alpha value is -2.93. The Morgan fingerprint density at radius 2 is 1.74 bits per heavy atom. The van der Waals surface area contributed by atoms with E-state index in [0.29, 0.717) is 26.2 Å². The Labute approximate surface area is 161 Å². The smallest absolute Gasteiger partial charge is 0.271 e. The van der Waals surface area contributed by atoms with Crippen molar-refractivity contribution in [3.05, 3.63) is 74.7 Å². The van der Waals surface area contributed by atoms with Crippen LogP contribution < -0.4 is 10.5 Å². The highest BCUT2D eigenvalue weighted by atomic mass is 32.1. The summed E-state index contributed by atoms with van der Waals surface area (Å²) in [6.07, 6.45) is 0. The number of aryl methyl sites for hydroxylation is 1. The highest BCUT2D eigenvalue weighted by molar-refractivity contribution is 7.12. The molecule has 1 aliphatic heterocycles. The Morgan fingerprint density at radius 1 is 1.00 bits per heavy atom. The Balaban J connectivity index is 1.50. The molecule has 3 heterocycles. The number of aromatic nitrogens is 2. The van der Waals surface area contributed by atoms with Crippen molar-refractivity contribution in [3.8, 4) is 5.69 Å². The van der Waals surface area contributed by atoms with E-state index in [4.69, 9.17) is 0 Å². The van der Waals surface area contributed by atoms with Gasteiger partial charge in [-0.1, -0.05) is 23.8 Å². The van der Waals surface area contributed by atoms with Crippen LogP contribution in [0.3, 0.4) is 0 Å². The van der Waals surface area contributed by atoms with Crippen LogP contribution >= 0.6 is 11.3 Å². The fraction of sp³-hybridized carbons (Fsp3) is 0.250. The molecule has 4 rings (SSSR count). The lowest BCUT2D eigenvalue weighted by Crippen LogP contribution is -2.49. The molecule has 2 aromatic heterocycles. The summed E-state index contributed by atoms with van der Waals surface area (Å²) < 4.78 is 1.43. The van der Waals surface area contributed by atoms with Crippen LogP contribution in [0.25, 0.3) is 5.69 Å². The third-order valence-corrected chi connectivity index (χ3v) is 5.55. The van der Waals surface area contributed by atoms with Crippen LogP contribution in [-0.4, -0.2) is 46.8 Å². The van der Waals surface area contributed by atoms with Gasteiger partial charge in [-0.05, 0) is 36.6 Å². The molecule has 0 aliphatic carbocycles. The van der Waals surface area contributed by atoms with Gasteiger partial charge in [0.15, 0.2) is 0 Å². The summed E-state index contributed by atoms with van der Waals surface area (Å²) in [6, 6.07) is 14.8. The van der Waals surface area contributed by atoms with E-state index in [0.717, 1.165) is 21.9 Å². The van der Waals surface area contributed by atoms with Crippen molar-refractivity contribution < 1.29 is 4.79 Å². The van der Waals surface area contributed by atoms with Crippen LogP contribution in [0.1, 0.15) is 15.2 Å². The fourth-order valence-electron chi connectivity index (χ4n) is 3.14. The largest absolute Gasteiger partial charge is 0.352 e. The standard InChI is InChI=1S/C20H20N4O2S/c1-15-4-6-16(7-5-15)24-19(25)9-8-18(21-24)22-10-12-23(13-11-22)20(26)17-3-2-14-27-17/h2-9,14H,10-13H2,1H3. The average molecular weight is 380 g/mol. The van der Waals surface area contributed by atoms with Crippen molar-refractivity contribution in [1.29, 1.82) is 0 Å². The van der Waals surface area contributed by atoms with Crippen LogP contribution in [0, 0.1) is 6.92 Å². The fourth-order valence-corrected chi connectivity index (χ4v) is 3.83. The number of nitrogens with zero attached hydrogens (tertiary/aromatic N) is 4. The highest BCUT2D eigenvalue weighted by Crippen LogP contribution is 2.17. The van der Waals surface area contributed by atoms with E-state index in [9.17, 15) is 9.59 Å². The van der Waals surface area contributed by atoms with Gasteiger partial charge in [0, 0.05) is 32.2 Å². The molecule has 0 unspecified atom stereocenters. The first-order valence-corrected chi connectivity index (χ1v) is 9.75. The lowest BCUT2D eigenvalue weighted by atomic mass is 10.2. The number of piperazine rings is 1. The molecule has 27 heavy (non-hydrogen) atoms. The number of anilines is 1. The molecule has 138 valence electrons. The van der Waals surface area contributed by atoms with Crippen molar-refractivity contribution in [1.82, 2.24) is 14.7 Å². The third-order valence-electron chi connectivity index (χ3n) is 4.69. The van der Waals surface area contributed by atoms with Gasteiger partial charge >= 0.3 is 0 Å². The number of hydrogen-bond donors (Lipinski definition) is 0. The Morgan fingerprint density at radius 3 is 2.41 bits per heavy atom. The molecule has 3 aromatic rings. The lowest BCUT2D eigenvalue weighted by Gasteiger charge is -2.35. The predicted octanol–water partition coefficient (Wildman–Crippen LogP) is 2.56. The number of thiophene rings is 1. The molecular weight excluding hydrogens is 360 g/mol. The quantitative estimate of drug-likeness (QED) is 0.701. The number of carbonyl (C=O) groups excluding carboxylic acids is 1. The maximum absolute atomic E-state index is 12.5. The zero-order valence-electron chi connectivity index (χ0n) is 15.0. The average Bonchev–Trinajstić information content (AvgIpc) is 3.24. The SMILES string of the molecule is Cc1ccc(-n2nc(N3CCN(C(=O)c4cccs4)CC3)ccc2=O)cc1. The van der Waals surface area contributed by atoms with E-state index in [-0.39, 0.29) is 11.5 Å². The molecule has 6 nitrogen and oxygen atoms in total. The molecule has 1 saturated heterocycles. The van der Waals surface area contributed by atoms with Crippen LogP contribution in [0.5, 0.6) is 0 Å². The molecule has 1 fully saturated rings. The minimum atomic E-state index is -0.158. The summed E-state index contributed by atoms with van der Waals surface area (Å²) in [5.41, 5.74) is 1.72. The van der Waals surface area contributed by atoms with Gasteiger partial charge in [-0.25, -0.2) is 0 Å². The number of hydrogen-bond acceptors (Lipinski definition) is 5. The maximum atomic E-state index is 12.5. The van der Waals surface area contributed by atoms with Crippen molar-refractivity contribution in [3.63, 3.8) is 0 Å². The normalized spacial score (nSPS) is 14.4. The Bertz CT molecular complexity index is 988. The Kier molecular flexibility index (Phi) is 4.77. The van der Waals surface area contributed by atoms with Crippen molar-refractivity contribution in [2.45, 2.75) is 6.92 Å². The van der Waals surface area contributed by atoms with Gasteiger partial charge in [-0.2, -0.15) is 4.68 Å². The molecule has 1 amide bonds. The summed E-state index contributed by atoms with van der Waals surface area (Å²) in [4.78, 5) is 29.5. The van der Waals surface area contributed by atoms with Crippen LogP contribution in [0.4, 0.5) is 5.82 Å². The van der Waals surface area contributed by atoms with Gasteiger partial charge in [0.1, 0.15) is 5.82 Å². The predicted molar refractivity (Wildman–Crippen MR) is 107 cm³/mol. The van der Waals surface area contributed by atoms with E-state index >= 15 is 0 Å². The topological polar surface area (TPSA) is 58.4 Å². The molecular formula is C20H20N4O2S. The number of rotatable bonds is 3. The van der Waals surface area contributed by atoms with Gasteiger partial charge in [0.25, 0.3) is 11.5 Å². The van der Waals surface area contributed by atoms with E-state index < -0.39 is 0 Å². The number of benzene rings is 1. The van der Waals surface area contributed by atoms with Gasteiger partial charge < -0.3 is 9.80 Å². The summed E-state index contributed by atoms with van der Waals surface area (Å²) >= 11 is 1.47. The molecule has 0 atom stereocenters. The van der Waals surface area contributed by atoms with Crippen molar-refractivity contribution >= 4 is 23.1 Å². The van der Waals surface area contributed by atoms with Gasteiger partial charge in [0.2, 0.25) is 0 Å². The van der Waals surface area contributed by atoms with Gasteiger partial charge in [0.05, 0.1) is 10.6 Å². The van der Waals surface area contributed by atoms with Crippen molar-refractivity contribution in [2.24, 2.45) is 0 Å². The monoisotopic (exact) mass is 380 g/mol. The van der Waals surface area contributed by atoms with E-state index in [2.05, 4.69) is 10.00 Å². The molecule has 0 bridgehead atoms. The number of carbonyl (C=O) groups is 1. The third kappa shape index (κ3) is 3.64. The second-order valence-electron chi connectivity index (χ2n) is 6.53. The van der Waals surface area contributed by atoms with E-state index in [1.54, 1.807) is 12.1 Å². The van der Waals surface area contributed by atoms with Gasteiger partial charge in [-0.3, -0.25) is 9.59 Å². The molecule has 7 heteroatoms. The highest BCUT2D eigenvalue weighted by Gasteiger charge is 2.23. The van der Waals surface area contributed by atoms with Gasteiger partial charge in [-0.15, -0.1) is 16.4 Å². The molecule has 0 spiro atoms. The molecule has 0 N–H and O–H groups in total. The summed E-state index contributed by atoms with van der Waals surface area (Å²) in [5, 5.41) is 6.46. The first-order chi connectivity index (χ1) is 13.1. The summed E-state index contributed by atoms with van der Waals surface area (Å²) in [5.74, 6) is 0.834. The molecule has 1 aliphatic rings. The van der Waals surface area contributed by atoms with E-state index in [1.165, 1.54) is 16.0 Å². The summed E-state index contributed by atoms with van der Waals surface area (Å²) in [6.45, 7) is 4.67. The molecule has 1 aromatic carbocycles. The lowest BCUT2D eigenvalue weighted by molar-refractivity contribution is 0.0751. The second-order valence-corrected chi connectivity index (χ2v) is 7.48. The molecule has 0 saturated carbocycles.